The van der Waals surface area contributed by atoms with Gasteiger partial charge >= 0.3 is 0 Å². The van der Waals surface area contributed by atoms with Gasteiger partial charge < -0.3 is 10.5 Å². The summed E-state index contributed by atoms with van der Waals surface area (Å²) in [5.74, 6) is 5.56. The highest BCUT2D eigenvalue weighted by molar-refractivity contribution is 9.10. The maximum absolute atomic E-state index is 12.0. The van der Waals surface area contributed by atoms with Gasteiger partial charge in [0.25, 0.3) is 5.91 Å². The Kier molecular flexibility index (Phi) is 5.17. The van der Waals surface area contributed by atoms with Crippen LogP contribution < -0.4 is 21.7 Å². The molecule has 0 radical (unpaired) electrons. The van der Waals surface area contributed by atoms with E-state index in [-0.39, 0.29) is 17.6 Å². The van der Waals surface area contributed by atoms with Crippen LogP contribution in [0.5, 0.6) is 5.75 Å². The number of carbonyl (C=O) groups is 1. The molecule has 2 aromatic rings. The van der Waals surface area contributed by atoms with Gasteiger partial charge in [0.05, 0.1) is 27.5 Å². The monoisotopic (exact) mass is 379 g/mol. The largest absolute Gasteiger partial charge is 0.490 e. The van der Waals surface area contributed by atoms with Gasteiger partial charge in [-0.2, -0.15) is 0 Å². The summed E-state index contributed by atoms with van der Waals surface area (Å²) in [6, 6.07) is 5.42. The second-order valence-electron chi connectivity index (χ2n) is 5.18. The van der Waals surface area contributed by atoms with E-state index in [1.165, 1.54) is 0 Å². The summed E-state index contributed by atoms with van der Waals surface area (Å²) in [6.07, 6.45) is 0.0488. The molecule has 1 heterocycles. The quantitative estimate of drug-likeness (QED) is 0.425. The van der Waals surface area contributed by atoms with Crippen molar-refractivity contribution in [1.82, 2.24) is 15.4 Å². The van der Waals surface area contributed by atoms with Crippen LogP contribution in [0.2, 0.25) is 0 Å². The Labute approximate surface area is 142 Å². The van der Waals surface area contributed by atoms with E-state index < -0.39 is 5.91 Å². The van der Waals surface area contributed by atoms with Gasteiger partial charge in [-0.15, -0.1) is 0 Å². The number of nitrogens with one attached hydrogen (secondary N) is 1. The fraction of sp³-hybridized carbons (Fsp3) is 0.267. The number of anilines is 1. The zero-order valence-electron chi connectivity index (χ0n) is 13.1. The molecule has 23 heavy (non-hydrogen) atoms. The molecule has 2 rings (SSSR count). The highest BCUT2D eigenvalue weighted by Gasteiger charge is 2.19. The van der Waals surface area contributed by atoms with Crippen molar-refractivity contribution < 1.29 is 9.53 Å². The number of halogens is 1. The predicted octanol–water partition coefficient (Wildman–Crippen LogP) is 2.19. The topological polar surface area (TPSA) is 116 Å². The molecule has 122 valence electrons. The average Bonchev–Trinajstić information content (AvgIpc) is 2.47. The molecule has 0 aliphatic carbocycles. The molecular formula is C15H18BrN5O2. The number of hydrogen-bond acceptors (Lipinski definition) is 6. The number of hydrazine groups is 1. The lowest BCUT2D eigenvalue weighted by Crippen LogP contribution is -2.31. The summed E-state index contributed by atoms with van der Waals surface area (Å²) in [7, 11) is 0. The minimum Gasteiger partial charge on any atom is -0.490 e. The van der Waals surface area contributed by atoms with Crippen LogP contribution in [0.25, 0.3) is 11.3 Å². The summed E-state index contributed by atoms with van der Waals surface area (Å²) in [4.78, 5) is 20.3. The van der Waals surface area contributed by atoms with E-state index in [0.29, 0.717) is 22.7 Å². The number of benzene rings is 1. The Morgan fingerprint density at radius 1 is 1.35 bits per heavy atom. The van der Waals surface area contributed by atoms with E-state index in [2.05, 4.69) is 31.3 Å². The van der Waals surface area contributed by atoms with Gasteiger partial charge in [0, 0.05) is 5.56 Å². The lowest BCUT2D eigenvalue weighted by Gasteiger charge is -2.14. The van der Waals surface area contributed by atoms with Crippen LogP contribution in [-0.4, -0.2) is 22.0 Å². The van der Waals surface area contributed by atoms with Crippen LogP contribution in [-0.2, 0) is 0 Å². The van der Waals surface area contributed by atoms with E-state index in [1.807, 2.05) is 19.9 Å². The molecule has 0 saturated carbocycles. The molecular weight excluding hydrogens is 362 g/mol. The van der Waals surface area contributed by atoms with Gasteiger partial charge in [-0.25, -0.2) is 15.8 Å². The highest BCUT2D eigenvalue weighted by atomic mass is 79.9. The normalized spacial score (nSPS) is 10.7. The first-order valence-corrected chi connectivity index (χ1v) is 7.74. The zero-order valence-corrected chi connectivity index (χ0v) is 14.6. The number of ether oxygens (including phenoxy) is 1. The summed E-state index contributed by atoms with van der Waals surface area (Å²) < 4.78 is 6.43. The maximum Gasteiger partial charge on any atom is 0.269 e. The molecule has 0 unspecified atom stereocenters. The molecule has 7 nitrogen and oxygen atoms in total. The third kappa shape index (κ3) is 3.77. The van der Waals surface area contributed by atoms with Crippen LogP contribution in [0, 0.1) is 6.92 Å². The van der Waals surface area contributed by atoms with Crippen LogP contribution in [0.15, 0.2) is 22.7 Å². The first-order valence-electron chi connectivity index (χ1n) is 6.95. The molecule has 1 amide bonds. The Bertz CT molecular complexity index is 749. The molecule has 1 aromatic heterocycles. The van der Waals surface area contributed by atoms with Gasteiger partial charge in [0.1, 0.15) is 5.75 Å². The molecule has 0 aliphatic heterocycles. The summed E-state index contributed by atoms with van der Waals surface area (Å²) in [5, 5.41) is 0. The average molecular weight is 380 g/mol. The Morgan fingerprint density at radius 3 is 2.61 bits per heavy atom. The van der Waals surface area contributed by atoms with Crippen LogP contribution in [0.4, 0.5) is 5.95 Å². The summed E-state index contributed by atoms with van der Waals surface area (Å²) in [5.41, 5.74) is 9.67. The molecule has 0 atom stereocenters. The van der Waals surface area contributed by atoms with Crippen molar-refractivity contribution in [2.45, 2.75) is 26.9 Å². The van der Waals surface area contributed by atoms with Gasteiger partial charge in [0.15, 0.2) is 0 Å². The van der Waals surface area contributed by atoms with E-state index in [1.54, 1.807) is 19.1 Å². The minimum absolute atomic E-state index is 0.0488. The number of nitrogen functional groups attached to an aromatic ring is 2. The lowest BCUT2D eigenvalue weighted by atomic mass is 10.0. The van der Waals surface area contributed by atoms with Gasteiger partial charge in [-0.3, -0.25) is 10.2 Å². The van der Waals surface area contributed by atoms with Crippen molar-refractivity contribution in [1.29, 1.82) is 0 Å². The first kappa shape index (κ1) is 17.2. The van der Waals surface area contributed by atoms with Crippen molar-refractivity contribution in [3.8, 4) is 17.0 Å². The van der Waals surface area contributed by atoms with Crippen molar-refractivity contribution in [2.75, 3.05) is 5.73 Å². The number of rotatable bonds is 4. The van der Waals surface area contributed by atoms with Crippen LogP contribution in [0.3, 0.4) is 0 Å². The number of nitrogens with two attached hydrogens (primary N) is 2. The number of aryl methyl sites for hydroxylation is 1. The van der Waals surface area contributed by atoms with Gasteiger partial charge in [0.2, 0.25) is 5.95 Å². The molecule has 0 bridgehead atoms. The third-order valence-corrected chi connectivity index (χ3v) is 3.65. The molecule has 1 aromatic carbocycles. The lowest BCUT2D eigenvalue weighted by molar-refractivity contribution is 0.0953. The maximum atomic E-state index is 12.0. The van der Waals surface area contributed by atoms with Crippen molar-refractivity contribution in [3.63, 3.8) is 0 Å². The van der Waals surface area contributed by atoms with Crippen molar-refractivity contribution in [2.24, 2.45) is 5.84 Å². The van der Waals surface area contributed by atoms with Crippen molar-refractivity contribution in [3.05, 3.63) is 33.9 Å². The number of amides is 1. The number of nitrogens with zero attached hydrogens (tertiary/aromatic N) is 2. The van der Waals surface area contributed by atoms with E-state index in [9.17, 15) is 4.79 Å². The first-order chi connectivity index (χ1) is 10.8. The number of carbonyl (C=O) groups excluding carboxylic acids is 1. The molecule has 0 fully saturated rings. The smallest absolute Gasteiger partial charge is 0.269 e. The van der Waals surface area contributed by atoms with E-state index in [0.717, 1.165) is 4.47 Å². The molecule has 5 N–H and O–H groups in total. The molecule has 0 saturated heterocycles. The minimum atomic E-state index is -0.476. The van der Waals surface area contributed by atoms with E-state index >= 15 is 0 Å². The fourth-order valence-corrected chi connectivity index (χ4v) is 2.62. The second kappa shape index (κ2) is 6.93. The Balaban J connectivity index is 2.58. The summed E-state index contributed by atoms with van der Waals surface area (Å²) >= 11 is 3.46. The van der Waals surface area contributed by atoms with Gasteiger partial charge in [-0.1, -0.05) is 0 Å². The van der Waals surface area contributed by atoms with Crippen LogP contribution in [0.1, 0.15) is 29.9 Å². The fourth-order valence-electron chi connectivity index (χ4n) is 2.15. The molecule has 8 heteroatoms. The second-order valence-corrected chi connectivity index (χ2v) is 6.03. The van der Waals surface area contributed by atoms with Crippen molar-refractivity contribution >= 4 is 27.8 Å². The predicted molar refractivity (Wildman–Crippen MR) is 91.7 cm³/mol. The van der Waals surface area contributed by atoms with Gasteiger partial charge in [-0.05, 0) is 54.9 Å². The van der Waals surface area contributed by atoms with E-state index in [4.69, 9.17) is 16.3 Å². The SMILES string of the molecule is Cc1nc(N)nc(-c2ccc(OC(C)C)c(Br)c2)c1C(=O)NN. The summed E-state index contributed by atoms with van der Waals surface area (Å²) in [6.45, 7) is 5.56. The highest BCUT2D eigenvalue weighted by Crippen LogP contribution is 2.32. The number of aromatic nitrogens is 2. The molecule has 0 aliphatic rings. The Hall–Kier alpha value is -2.19. The number of hydrogen-bond donors (Lipinski definition) is 3. The Morgan fingerprint density at radius 2 is 2.04 bits per heavy atom. The third-order valence-electron chi connectivity index (χ3n) is 3.03. The molecule has 0 spiro atoms. The van der Waals surface area contributed by atoms with Crippen LogP contribution >= 0.6 is 15.9 Å². The zero-order chi connectivity index (χ0) is 17.1. The standard InChI is InChI=1S/C15H18BrN5O2/c1-7(2)23-11-5-4-9(6-10(11)16)13-12(14(22)21-18)8(3)19-15(17)20-13/h4-7H,18H2,1-3H3,(H,21,22)(H2,17,19,20).